The zero-order valence-corrected chi connectivity index (χ0v) is 17.7. The van der Waals surface area contributed by atoms with Crippen molar-refractivity contribution in [1.29, 1.82) is 0 Å². The zero-order chi connectivity index (χ0) is 17.5. The second-order valence-electron chi connectivity index (χ2n) is 6.67. The molecule has 0 heterocycles. The van der Waals surface area contributed by atoms with Gasteiger partial charge in [-0.15, -0.1) is 0 Å². The first kappa shape index (κ1) is 21.2. The van der Waals surface area contributed by atoms with Crippen LogP contribution in [0.2, 0.25) is 5.21 Å². The minimum absolute atomic E-state index is 0.0976. The summed E-state index contributed by atoms with van der Waals surface area (Å²) >= 11 is -0.0976. The van der Waals surface area contributed by atoms with Gasteiger partial charge in [0.05, 0.1) is 0 Å². The third-order valence-corrected chi connectivity index (χ3v) is 7.08. The van der Waals surface area contributed by atoms with Gasteiger partial charge in [0.1, 0.15) is 0 Å². The summed E-state index contributed by atoms with van der Waals surface area (Å²) in [6, 6.07) is 9.60. The van der Waals surface area contributed by atoms with Crippen molar-refractivity contribution < 1.29 is 4.79 Å². The average molecular weight is 390 g/mol. The van der Waals surface area contributed by atoms with Gasteiger partial charge < -0.3 is 0 Å². The van der Waals surface area contributed by atoms with Gasteiger partial charge >= 0.3 is 156 Å². The molecular formula is C22H35AsO. The monoisotopic (exact) mass is 390 g/mol. The second-order valence-corrected chi connectivity index (χ2v) is 10.1. The van der Waals surface area contributed by atoms with Crippen LogP contribution in [0.5, 0.6) is 0 Å². The van der Waals surface area contributed by atoms with Gasteiger partial charge in [0.2, 0.25) is 0 Å². The van der Waals surface area contributed by atoms with E-state index in [1.54, 1.807) is 0 Å². The number of ketones is 1. The molecular weight excluding hydrogens is 355 g/mol. The Morgan fingerprint density at radius 2 is 1.42 bits per heavy atom. The fourth-order valence-electron chi connectivity index (χ4n) is 2.83. The Morgan fingerprint density at radius 3 is 2.00 bits per heavy atom. The molecule has 0 fully saturated rings. The summed E-state index contributed by atoms with van der Waals surface area (Å²) in [5.41, 5.74) is 0.808. The van der Waals surface area contributed by atoms with Crippen LogP contribution < -0.4 is 0 Å². The predicted molar refractivity (Wildman–Crippen MR) is 108 cm³/mol. The molecule has 0 aliphatic carbocycles. The molecule has 24 heavy (non-hydrogen) atoms. The summed E-state index contributed by atoms with van der Waals surface area (Å²) in [6.45, 7) is 4.41. The van der Waals surface area contributed by atoms with Crippen molar-refractivity contribution in [1.82, 2.24) is 0 Å². The van der Waals surface area contributed by atoms with Crippen molar-refractivity contribution in [3.63, 3.8) is 0 Å². The van der Waals surface area contributed by atoms with Crippen LogP contribution in [0.4, 0.5) is 0 Å². The van der Waals surface area contributed by atoms with E-state index >= 15 is 0 Å². The van der Waals surface area contributed by atoms with Crippen molar-refractivity contribution in [2.75, 3.05) is 0 Å². The number of carbonyl (C=O) groups is 1. The van der Waals surface area contributed by atoms with E-state index in [0.717, 1.165) is 5.56 Å². The molecule has 0 spiro atoms. The van der Waals surface area contributed by atoms with Crippen molar-refractivity contribution >= 4 is 21.5 Å². The van der Waals surface area contributed by atoms with Crippen LogP contribution in [0.3, 0.4) is 0 Å². The number of hydrogen-bond acceptors (Lipinski definition) is 1. The molecule has 0 bridgehead atoms. The number of rotatable bonds is 14. The molecule has 0 aromatic heterocycles. The minimum atomic E-state index is -0.0976. The number of allylic oxidation sites excluding steroid dienone is 2. The molecule has 0 saturated carbocycles. The van der Waals surface area contributed by atoms with E-state index in [1.165, 1.54) is 73.8 Å². The van der Waals surface area contributed by atoms with Crippen molar-refractivity contribution in [3.05, 3.63) is 46.3 Å². The van der Waals surface area contributed by atoms with Crippen LogP contribution >= 0.6 is 0 Å². The van der Waals surface area contributed by atoms with Crippen LogP contribution in [0.15, 0.2) is 40.8 Å². The van der Waals surface area contributed by atoms with E-state index in [1.807, 2.05) is 36.4 Å². The standard InChI is InChI=1S/C22H35AsO/c1-3-4-5-6-7-8-9-10-11-15-18-23-20(2)19-22(24)21-16-13-12-14-17-21/h12-14,16-17,19,23H,3-11,15,18H2,1-2H3/b20-19-. The first-order valence-corrected chi connectivity index (χ1v) is 12.3. The number of carbonyl (C=O) groups excluding carboxylic acids is 1. The van der Waals surface area contributed by atoms with E-state index < -0.39 is 0 Å². The van der Waals surface area contributed by atoms with E-state index in [0.29, 0.717) is 0 Å². The number of hydrogen-bond donors (Lipinski definition) is 0. The van der Waals surface area contributed by atoms with Crippen LogP contribution in [-0.4, -0.2) is 21.5 Å². The van der Waals surface area contributed by atoms with Gasteiger partial charge in [-0.25, -0.2) is 0 Å². The van der Waals surface area contributed by atoms with Crippen LogP contribution in [0.25, 0.3) is 0 Å². The molecule has 134 valence electrons. The summed E-state index contributed by atoms with van der Waals surface area (Å²) in [6.07, 6.45) is 15.8. The van der Waals surface area contributed by atoms with E-state index in [9.17, 15) is 4.79 Å². The summed E-state index contributed by atoms with van der Waals surface area (Å²) in [4.78, 5) is 12.1. The van der Waals surface area contributed by atoms with Gasteiger partial charge in [0, 0.05) is 0 Å². The Morgan fingerprint density at radius 1 is 0.875 bits per heavy atom. The summed E-state index contributed by atoms with van der Waals surface area (Å²) in [5.74, 6) is 0.167. The second kappa shape index (κ2) is 14.5. The molecule has 0 aliphatic rings. The van der Waals surface area contributed by atoms with E-state index in [2.05, 4.69) is 13.8 Å². The van der Waals surface area contributed by atoms with Crippen molar-refractivity contribution in [3.8, 4) is 0 Å². The SMILES string of the molecule is CCCCCCCCCCCC[AsH]/C(C)=C\C(=O)c1ccccc1. The Balaban J connectivity index is 2.00. The summed E-state index contributed by atoms with van der Waals surface area (Å²) < 4.78 is 1.33. The fraction of sp³-hybridized carbons (Fsp3) is 0.591. The van der Waals surface area contributed by atoms with Crippen LogP contribution in [0, 0.1) is 0 Å². The normalized spacial score (nSPS) is 12.2. The topological polar surface area (TPSA) is 17.1 Å². The molecule has 0 amide bonds. The quantitative estimate of drug-likeness (QED) is 0.152. The molecule has 2 heteroatoms. The Kier molecular flexibility index (Phi) is 12.8. The Hall–Kier alpha value is -0.812. The molecule has 0 radical (unpaired) electrons. The van der Waals surface area contributed by atoms with Gasteiger partial charge in [-0.2, -0.15) is 0 Å². The summed E-state index contributed by atoms with van der Waals surface area (Å²) in [5, 5.41) is 1.33. The first-order valence-electron chi connectivity index (χ1n) is 9.75. The Bertz CT molecular complexity index is 464. The number of benzene rings is 1. The molecule has 0 N–H and O–H groups in total. The van der Waals surface area contributed by atoms with Gasteiger partial charge in [-0.1, -0.05) is 0 Å². The maximum absolute atomic E-state index is 12.1. The fourth-order valence-corrected chi connectivity index (χ4v) is 5.04. The van der Waals surface area contributed by atoms with Crippen molar-refractivity contribution in [2.45, 2.75) is 83.3 Å². The molecule has 1 atom stereocenters. The first-order chi connectivity index (χ1) is 11.7. The third kappa shape index (κ3) is 10.9. The van der Waals surface area contributed by atoms with Gasteiger partial charge in [0.25, 0.3) is 0 Å². The summed E-state index contributed by atoms with van der Waals surface area (Å²) in [7, 11) is 0. The molecule has 1 aromatic rings. The zero-order valence-electron chi connectivity index (χ0n) is 15.7. The van der Waals surface area contributed by atoms with Gasteiger partial charge in [-0.3, -0.25) is 0 Å². The van der Waals surface area contributed by atoms with Crippen molar-refractivity contribution in [2.24, 2.45) is 0 Å². The molecule has 0 saturated heterocycles. The predicted octanol–water partition coefficient (Wildman–Crippen LogP) is 6.55. The van der Waals surface area contributed by atoms with Gasteiger partial charge in [-0.05, 0) is 0 Å². The van der Waals surface area contributed by atoms with E-state index in [-0.39, 0.29) is 21.5 Å². The molecule has 0 aliphatic heterocycles. The number of unbranched alkanes of at least 4 members (excludes halogenated alkanes) is 9. The molecule has 1 unspecified atom stereocenters. The van der Waals surface area contributed by atoms with Crippen LogP contribution in [0.1, 0.15) is 88.4 Å². The maximum atomic E-state index is 12.1. The average Bonchev–Trinajstić information content (AvgIpc) is 2.60. The third-order valence-electron chi connectivity index (χ3n) is 4.34. The van der Waals surface area contributed by atoms with Crippen LogP contribution in [-0.2, 0) is 0 Å². The molecule has 1 rings (SSSR count). The molecule has 1 aromatic carbocycles. The molecule has 1 nitrogen and oxygen atoms in total. The van der Waals surface area contributed by atoms with E-state index in [4.69, 9.17) is 0 Å². The van der Waals surface area contributed by atoms with Gasteiger partial charge in [0.15, 0.2) is 0 Å². The Labute approximate surface area is 156 Å².